The van der Waals surface area contributed by atoms with Gasteiger partial charge in [0.05, 0.1) is 18.2 Å². The Bertz CT molecular complexity index is 1010. The van der Waals surface area contributed by atoms with E-state index in [9.17, 15) is 0 Å². The molecule has 0 saturated heterocycles. The quantitative estimate of drug-likeness (QED) is 0.566. The van der Waals surface area contributed by atoms with Crippen LogP contribution in [-0.4, -0.2) is 38.7 Å². The number of pyridine rings is 1. The minimum atomic E-state index is 0.668. The van der Waals surface area contributed by atoms with E-state index in [1.165, 1.54) is 0 Å². The monoisotopic (exact) mass is 360 g/mol. The predicted octanol–water partition coefficient (Wildman–Crippen LogP) is 3.51. The van der Waals surface area contributed by atoms with Crippen molar-refractivity contribution in [3.8, 4) is 22.4 Å². The number of anilines is 1. The molecule has 0 spiro atoms. The number of likely N-dealkylation sites (N-methyl/N-ethyl adjacent to an activating group) is 1. The van der Waals surface area contributed by atoms with Gasteiger partial charge in [-0.15, -0.1) is 0 Å². The number of aromatic nitrogens is 5. The Morgan fingerprint density at radius 2 is 2.07 bits per heavy atom. The molecule has 4 rings (SSSR count). The van der Waals surface area contributed by atoms with Gasteiger partial charge in [0, 0.05) is 55.1 Å². The van der Waals surface area contributed by atoms with Crippen molar-refractivity contribution < 1.29 is 4.42 Å². The van der Waals surface area contributed by atoms with Crippen LogP contribution < -0.4 is 4.90 Å². The largest absolute Gasteiger partial charge is 0.469 e. The fraction of sp³-hybridized carbons (Fsp3) is 0.200. The summed E-state index contributed by atoms with van der Waals surface area (Å²) in [6, 6.07) is 5.85. The van der Waals surface area contributed by atoms with Gasteiger partial charge in [-0.1, -0.05) is 6.07 Å². The summed E-state index contributed by atoms with van der Waals surface area (Å²) in [6.45, 7) is 2.72. The molecule has 4 aromatic rings. The predicted molar refractivity (Wildman–Crippen MR) is 103 cm³/mol. The van der Waals surface area contributed by atoms with Crippen molar-refractivity contribution in [1.29, 1.82) is 0 Å². The van der Waals surface area contributed by atoms with Crippen LogP contribution in [0.2, 0.25) is 0 Å². The van der Waals surface area contributed by atoms with Crippen LogP contribution in [0.3, 0.4) is 0 Å². The zero-order chi connectivity index (χ0) is 18.6. The molecule has 0 atom stereocenters. The van der Waals surface area contributed by atoms with Crippen molar-refractivity contribution in [3.63, 3.8) is 0 Å². The smallest absolute Gasteiger partial charge is 0.225 e. The van der Waals surface area contributed by atoms with Crippen molar-refractivity contribution in [2.45, 2.75) is 13.3 Å². The number of nitrogens with one attached hydrogen (secondary N) is 1. The molecule has 0 aromatic carbocycles. The van der Waals surface area contributed by atoms with Gasteiger partial charge in [-0.25, -0.2) is 9.97 Å². The summed E-state index contributed by atoms with van der Waals surface area (Å²) in [5.74, 6) is 1.49. The fourth-order valence-electron chi connectivity index (χ4n) is 2.94. The average Bonchev–Trinajstić information content (AvgIpc) is 3.38. The van der Waals surface area contributed by atoms with E-state index in [0.29, 0.717) is 5.95 Å². The summed E-state index contributed by atoms with van der Waals surface area (Å²) >= 11 is 0. The van der Waals surface area contributed by atoms with Crippen LogP contribution in [0.5, 0.6) is 0 Å². The van der Waals surface area contributed by atoms with Gasteiger partial charge in [-0.3, -0.25) is 10.1 Å². The lowest BCUT2D eigenvalue weighted by atomic mass is 10.0. The van der Waals surface area contributed by atoms with E-state index in [4.69, 9.17) is 9.40 Å². The molecule has 0 aliphatic heterocycles. The maximum atomic E-state index is 5.51. The van der Waals surface area contributed by atoms with Gasteiger partial charge >= 0.3 is 0 Å². The first-order chi connectivity index (χ1) is 13.2. The number of H-pyrrole nitrogens is 1. The maximum absolute atomic E-state index is 5.51. The SMILES string of the molecule is Cc1occc1-c1nc(N(C)CCc2cn[nH]c2)ncc1-c1cccnc1. The van der Waals surface area contributed by atoms with Crippen LogP contribution in [0, 0.1) is 6.92 Å². The highest BCUT2D eigenvalue weighted by Gasteiger charge is 2.17. The van der Waals surface area contributed by atoms with E-state index < -0.39 is 0 Å². The standard InChI is InChI=1S/C20H20N6O/c1-14-17(6-9-27-14)19-18(16-4-3-7-21-12-16)13-22-20(25-19)26(2)8-5-15-10-23-24-11-15/h3-4,6-7,9-13H,5,8H2,1-2H3,(H,23,24). The molecule has 0 unspecified atom stereocenters. The van der Waals surface area contributed by atoms with Crippen LogP contribution in [-0.2, 0) is 6.42 Å². The van der Waals surface area contributed by atoms with Gasteiger partial charge in [0.15, 0.2) is 0 Å². The Morgan fingerprint density at radius 3 is 2.78 bits per heavy atom. The second-order valence-electron chi connectivity index (χ2n) is 6.34. The summed E-state index contributed by atoms with van der Waals surface area (Å²) in [4.78, 5) is 15.7. The average molecular weight is 360 g/mol. The molecule has 7 heteroatoms. The molecule has 136 valence electrons. The third-order valence-electron chi connectivity index (χ3n) is 4.49. The molecule has 1 N–H and O–H groups in total. The van der Waals surface area contributed by atoms with E-state index >= 15 is 0 Å². The van der Waals surface area contributed by atoms with Gasteiger partial charge in [-0.2, -0.15) is 5.10 Å². The van der Waals surface area contributed by atoms with Crippen molar-refractivity contribution in [1.82, 2.24) is 25.1 Å². The first kappa shape index (κ1) is 17.0. The van der Waals surface area contributed by atoms with Crippen molar-refractivity contribution in [2.24, 2.45) is 0 Å². The summed E-state index contributed by atoms with van der Waals surface area (Å²) in [5, 5.41) is 6.82. The number of aromatic amines is 1. The van der Waals surface area contributed by atoms with Crippen molar-refractivity contribution >= 4 is 5.95 Å². The second-order valence-corrected chi connectivity index (χ2v) is 6.34. The summed E-state index contributed by atoms with van der Waals surface area (Å²) in [6.07, 6.45) is 11.7. The number of aryl methyl sites for hydroxylation is 1. The highest BCUT2D eigenvalue weighted by Crippen LogP contribution is 2.33. The fourth-order valence-corrected chi connectivity index (χ4v) is 2.94. The van der Waals surface area contributed by atoms with Gasteiger partial charge in [0.1, 0.15) is 5.76 Å². The molecule has 0 radical (unpaired) electrons. The summed E-state index contributed by atoms with van der Waals surface area (Å²) in [5.41, 5.74) is 4.86. The Hall–Kier alpha value is -3.48. The Kier molecular flexibility index (Phi) is 4.65. The van der Waals surface area contributed by atoms with Crippen molar-refractivity contribution in [2.75, 3.05) is 18.5 Å². The van der Waals surface area contributed by atoms with Gasteiger partial charge < -0.3 is 9.32 Å². The third-order valence-corrected chi connectivity index (χ3v) is 4.49. The normalized spacial score (nSPS) is 10.9. The number of hydrogen-bond acceptors (Lipinski definition) is 6. The molecule has 27 heavy (non-hydrogen) atoms. The maximum Gasteiger partial charge on any atom is 0.225 e. The number of nitrogens with zero attached hydrogens (tertiary/aromatic N) is 5. The molecule has 4 aromatic heterocycles. The number of hydrogen-bond donors (Lipinski definition) is 1. The molecule has 0 fully saturated rings. The van der Waals surface area contributed by atoms with Gasteiger partial charge in [0.25, 0.3) is 0 Å². The van der Waals surface area contributed by atoms with E-state index in [1.807, 2.05) is 61.9 Å². The van der Waals surface area contributed by atoms with Crippen LogP contribution in [0.25, 0.3) is 22.4 Å². The first-order valence-corrected chi connectivity index (χ1v) is 8.73. The second kappa shape index (κ2) is 7.41. The lowest BCUT2D eigenvalue weighted by molar-refractivity contribution is 0.535. The minimum Gasteiger partial charge on any atom is -0.469 e. The van der Waals surface area contributed by atoms with Crippen molar-refractivity contribution in [3.05, 3.63) is 66.8 Å². The first-order valence-electron chi connectivity index (χ1n) is 8.73. The molecule has 7 nitrogen and oxygen atoms in total. The Morgan fingerprint density at radius 1 is 1.15 bits per heavy atom. The third kappa shape index (κ3) is 3.57. The van der Waals surface area contributed by atoms with Crippen LogP contribution >= 0.6 is 0 Å². The Balaban J connectivity index is 1.69. The highest BCUT2D eigenvalue weighted by atomic mass is 16.3. The van der Waals surface area contributed by atoms with Crippen LogP contribution in [0.15, 0.2) is 59.9 Å². The Labute approximate surface area is 157 Å². The lowest BCUT2D eigenvalue weighted by Crippen LogP contribution is -2.22. The minimum absolute atomic E-state index is 0.668. The van der Waals surface area contributed by atoms with Gasteiger partial charge in [0.2, 0.25) is 5.95 Å². The lowest BCUT2D eigenvalue weighted by Gasteiger charge is -2.18. The van der Waals surface area contributed by atoms with Gasteiger partial charge in [-0.05, 0) is 31.0 Å². The molecular formula is C20H20N6O. The molecule has 0 bridgehead atoms. The van der Waals surface area contributed by atoms with Crippen LogP contribution in [0.1, 0.15) is 11.3 Å². The van der Waals surface area contributed by atoms with E-state index in [0.717, 1.165) is 46.7 Å². The molecule has 0 saturated carbocycles. The summed E-state index contributed by atoms with van der Waals surface area (Å²) < 4.78 is 5.51. The molecule has 4 heterocycles. The van der Waals surface area contributed by atoms with E-state index in [1.54, 1.807) is 12.5 Å². The van der Waals surface area contributed by atoms with E-state index in [2.05, 4.69) is 20.2 Å². The molecule has 0 amide bonds. The number of rotatable bonds is 6. The molecular weight excluding hydrogens is 340 g/mol. The summed E-state index contributed by atoms with van der Waals surface area (Å²) in [7, 11) is 1.99. The number of furan rings is 1. The topological polar surface area (TPSA) is 83.7 Å². The van der Waals surface area contributed by atoms with Crippen LogP contribution in [0.4, 0.5) is 5.95 Å². The zero-order valence-corrected chi connectivity index (χ0v) is 15.3. The highest BCUT2D eigenvalue weighted by molar-refractivity contribution is 5.81. The molecule has 0 aliphatic rings. The zero-order valence-electron chi connectivity index (χ0n) is 15.3. The molecule has 0 aliphatic carbocycles. The van der Waals surface area contributed by atoms with E-state index in [-0.39, 0.29) is 0 Å².